The van der Waals surface area contributed by atoms with E-state index in [1.807, 2.05) is 0 Å². The zero-order valence-corrected chi connectivity index (χ0v) is 20.8. The van der Waals surface area contributed by atoms with Crippen molar-refractivity contribution in [3.63, 3.8) is 0 Å². The molecule has 3 amide bonds. The fraction of sp³-hybridized carbons (Fsp3) is 0.417. The summed E-state index contributed by atoms with van der Waals surface area (Å²) in [6.45, 7) is 4.83. The Bertz CT molecular complexity index is 1020. The highest BCUT2D eigenvalue weighted by atomic mass is 32.2. The van der Waals surface area contributed by atoms with Crippen LogP contribution in [0.25, 0.3) is 0 Å². The molecular weight excluding hydrogens is 472 g/mol. The highest BCUT2D eigenvalue weighted by molar-refractivity contribution is 8.13. The monoisotopic (exact) mass is 502 g/mol. The standard InChI is InChI=1S/C24H30N4O6S/c1-4-18-22(31)28-19(5-2)24(33)34-17(10-6-7-12-35-15(3)29)13-21(30)25-14-16-9-8-11-20(26-16)23(32)27-18/h4,6,8-11,17,19H,5,7,12-14H2,1-3H3,(H,25,30)(H,27,32)(H,28,31)/b10-6+,18-4-/t17-,19?/m1/s1. The maximum Gasteiger partial charge on any atom is 0.329 e. The van der Waals surface area contributed by atoms with Crippen LogP contribution in [0.4, 0.5) is 0 Å². The van der Waals surface area contributed by atoms with Gasteiger partial charge in [0.2, 0.25) is 5.91 Å². The fourth-order valence-electron chi connectivity index (χ4n) is 3.06. The van der Waals surface area contributed by atoms with Crippen LogP contribution in [0.2, 0.25) is 0 Å². The average Bonchev–Trinajstić information content (AvgIpc) is 2.83. The van der Waals surface area contributed by atoms with Crippen molar-refractivity contribution in [3.05, 3.63) is 53.5 Å². The molecule has 0 aromatic carbocycles. The van der Waals surface area contributed by atoms with E-state index >= 15 is 0 Å². The highest BCUT2D eigenvalue weighted by Crippen LogP contribution is 2.10. The summed E-state index contributed by atoms with van der Waals surface area (Å²) in [7, 11) is 0. The summed E-state index contributed by atoms with van der Waals surface area (Å²) in [6, 6.07) is 3.78. The van der Waals surface area contributed by atoms with Crippen molar-refractivity contribution in [2.45, 2.75) is 58.7 Å². The molecule has 35 heavy (non-hydrogen) atoms. The number of hydrogen-bond acceptors (Lipinski definition) is 8. The highest BCUT2D eigenvalue weighted by Gasteiger charge is 2.26. The largest absolute Gasteiger partial charge is 0.456 e. The molecule has 2 rings (SSSR count). The number of allylic oxidation sites excluding steroid dienone is 2. The predicted molar refractivity (Wildman–Crippen MR) is 131 cm³/mol. The number of fused-ring (bicyclic) bond motifs is 2. The minimum absolute atomic E-state index is 0.00445. The summed E-state index contributed by atoms with van der Waals surface area (Å²) in [5.41, 5.74) is 0.487. The van der Waals surface area contributed by atoms with Gasteiger partial charge in [0, 0.05) is 12.7 Å². The van der Waals surface area contributed by atoms with Crippen LogP contribution in [0.3, 0.4) is 0 Å². The lowest BCUT2D eigenvalue weighted by Crippen LogP contribution is -2.46. The van der Waals surface area contributed by atoms with Crippen LogP contribution in [-0.4, -0.2) is 51.7 Å². The van der Waals surface area contributed by atoms with Gasteiger partial charge >= 0.3 is 5.97 Å². The first-order valence-electron chi connectivity index (χ1n) is 11.2. The lowest BCUT2D eigenvalue weighted by atomic mass is 10.1. The van der Waals surface area contributed by atoms with Crippen molar-refractivity contribution in [3.8, 4) is 0 Å². The number of nitrogens with one attached hydrogen (secondary N) is 3. The molecule has 1 aliphatic heterocycles. The summed E-state index contributed by atoms with van der Waals surface area (Å²) >= 11 is 1.18. The van der Waals surface area contributed by atoms with Gasteiger partial charge in [0.1, 0.15) is 23.5 Å². The van der Waals surface area contributed by atoms with Crippen LogP contribution in [0, 0.1) is 0 Å². The number of carbonyl (C=O) groups excluding carboxylic acids is 5. The maximum absolute atomic E-state index is 12.8. The van der Waals surface area contributed by atoms with E-state index in [1.165, 1.54) is 30.8 Å². The van der Waals surface area contributed by atoms with Crippen molar-refractivity contribution < 1.29 is 28.7 Å². The van der Waals surface area contributed by atoms with Gasteiger partial charge in [-0.25, -0.2) is 9.78 Å². The molecule has 0 radical (unpaired) electrons. The molecule has 2 bridgehead atoms. The minimum Gasteiger partial charge on any atom is -0.456 e. The first-order chi connectivity index (χ1) is 16.7. The van der Waals surface area contributed by atoms with E-state index in [0.717, 1.165) is 0 Å². The van der Waals surface area contributed by atoms with Gasteiger partial charge in [-0.3, -0.25) is 19.2 Å². The van der Waals surface area contributed by atoms with E-state index in [9.17, 15) is 24.0 Å². The lowest BCUT2D eigenvalue weighted by Gasteiger charge is -2.21. The second-order valence-electron chi connectivity index (χ2n) is 7.62. The van der Waals surface area contributed by atoms with Gasteiger partial charge in [0.05, 0.1) is 18.7 Å². The minimum atomic E-state index is -0.990. The Labute approximate surface area is 208 Å². The molecule has 0 saturated heterocycles. The topological polar surface area (TPSA) is 144 Å². The number of nitrogens with zero attached hydrogens (tertiary/aromatic N) is 1. The number of thioether (sulfide) groups is 1. The molecule has 0 saturated carbocycles. The molecule has 2 atom stereocenters. The first-order valence-corrected chi connectivity index (χ1v) is 12.2. The number of cyclic esters (lactones) is 1. The molecule has 0 fully saturated rings. The Balaban J connectivity index is 2.29. The molecule has 1 unspecified atom stereocenters. The van der Waals surface area contributed by atoms with Gasteiger partial charge in [-0.05, 0) is 38.0 Å². The van der Waals surface area contributed by atoms with E-state index in [-0.39, 0.29) is 41.8 Å². The Morgan fingerprint density at radius 3 is 2.69 bits per heavy atom. The van der Waals surface area contributed by atoms with Crippen LogP contribution in [0.5, 0.6) is 0 Å². The van der Waals surface area contributed by atoms with Gasteiger partial charge in [-0.1, -0.05) is 36.9 Å². The van der Waals surface area contributed by atoms with Crippen molar-refractivity contribution >= 4 is 40.6 Å². The van der Waals surface area contributed by atoms with E-state index in [2.05, 4.69) is 20.9 Å². The van der Waals surface area contributed by atoms with Gasteiger partial charge in [-0.15, -0.1) is 0 Å². The quantitative estimate of drug-likeness (QED) is 0.239. The third-order valence-electron chi connectivity index (χ3n) is 4.88. The Hall–Kier alpha value is -3.47. The molecule has 11 heteroatoms. The summed E-state index contributed by atoms with van der Waals surface area (Å²) in [6.07, 6.45) is 4.54. The van der Waals surface area contributed by atoms with E-state index < -0.39 is 29.9 Å². The summed E-state index contributed by atoms with van der Waals surface area (Å²) in [5.74, 6) is -1.78. The van der Waals surface area contributed by atoms with Gasteiger partial charge in [-0.2, -0.15) is 0 Å². The SMILES string of the molecule is C/C=C1\NC(=O)c2cccc(n2)CNC(=O)C[C@@H](/C=C/CCSC(C)=O)OC(=O)C(CC)NC1=O. The van der Waals surface area contributed by atoms with E-state index in [0.29, 0.717) is 17.9 Å². The van der Waals surface area contributed by atoms with E-state index in [4.69, 9.17) is 4.74 Å². The van der Waals surface area contributed by atoms with Crippen molar-refractivity contribution in [2.75, 3.05) is 5.75 Å². The van der Waals surface area contributed by atoms with Gasteiger partial charge in [0.25, 0.3) is 11.8 Å². The number of ether oxygens (including phenoxy) is 1. The predicted octanol–water partition coefficient (Wildman–Crippen LogP) is 1.77. The number of carbonyl (C=O) groups is 5. The summed E-state index contributed by atoms with van der Waals surface area (Å²) in [5, 5.41) is 7.79. The number of esters is 1. The number of pyridine rings is 1. The van der Waals surface area contributed by atoms with E-state index in [1.54, 1.807) is 38.1 Å². The molecular formula is C24H30N4O6S. The molecule has 1 aromatic rings. The number of aromatic nitrogens is 1. The summed E-state index contributed by atoms with van der Waals surface area (Å²) < 4.78 is 5.54. The van der Waals surface area contributed by atoms with Crippen molar-refractivity contribution in [1.82, 2.24) is 20.9 Å². The molecule has 1 aromatic heterocycles. The maximum atomic E-state index is 12.8. The molecule has 0 spiro atoms. The Kier molecular flexibility index (Phi) is 11.1. The third-order valence-corrected chi connectivity index (χ3v) is 5.73. The first kappa shape index (κ1) is 27.8. The summed E-state index contributed by atoms with van der Waals surface area (Å²) in [4.78, 5) is 66.0. The van der Waals surface area contributed by atoms with Crippen molar-refractivity contribution in [1.29, 1.82) is 0 Å². The smallest absolute Gasteiger partial charge is 0.329 e. The second kappa shape index (κ2) is 14.1. The van der Waals surface area contributed by atoms with Crippen LogP contribution < -0.4 is 16.0 Å². The molecule has 0 aliphatic carbocycles. The second-order valence-corrected chi connectivity index (χ2v) is 8.89. The molecule has 1 aliphatic rings. The Morgan fingerprint density at radius 2 is 2.00 bits per heavy atom. The zero-order chi connectivity index (χ0) is 25.8. The molecule has 3 N–H and O–H groups in total. The van der Waals surface area contributed by atoms with Gasteiger partial charge < -0.3 is 20.7 Å². The zero-order valence-electron chi connectivity index (χ0n) is 20.0. The number of hydrogen-bond donors (Lipinski definition) is 3. The van der Waals surface area contributed by atoms with Crippen molar-refractivity contribution in [2.24, 2.45) is 0 Å². The van der Waals surface area contributed by atoms with Crippen LogP contribution >= 0.6 is 11.8 Å². The molecule has 188 valence electrons. The Morgan fingerprint density at radius 1 is 1.23 bits per heavy atom. The van der Waals surface area contributed by atoms with Gasteiger partial charge in [0.15, 0.2) is 5.12 Å². The molecule has 10 nitrogen and oxygen atoms in total. The number of rotatable bonds is 5. The normalized spacial score (nSPS) is 21.3. The average molecular weight is 503 g/mol. The van der Waals surface area contributed by atoms with Crippen LogP contribution in [0.15, 0.2) is 42.1 Å². The fourth-order valence-corrected chi connectivity index (χ4v) is 3.60. The van der Waals surface area contributed by atoms with Crippen LogP contribution in [-0.2, 0) is 30.5 Å². The number of amides is 3. The third kappa shape index (κ3) is 9.36. The molecule has 2 heterocycles. The lowest BCUT2D eigenvalue weighted by molar-refractivity contribution is -0.151. The van der Waals surface area contributed by atoms with Crippen LogP contribution in [0.1, 0.15) is 56.2 Å².